The Hall–Kier alpha value is -0.0800. The highest BCUT2D eigenvalue weighted by Crippen LogP contribution is 2.41. The van der Waals surface area contributed by atoms with Crippen molar-refractivity contribution >= 4 is 0 Å². The topological polar surface area (TPSA) is 29.3 Å². The highest BCUT2D eigenvalue weighted by atomic mass is 15.1. The molecule has 102 valence electrons. The van der Waals surface area contributed by atoms with Gasteiger partial charge >= 0.3 is 0 Å². The predicted molar refractivity (Wildman–Crippen MR) is 76.0 cm³/mol. The Balaban J connectivity index is 2.50. The molecule has 0 aromatic rings. The molecule has 0 aromatic heterocycles. The standard InChI is InChI=1S/C15H32N2/c1-6-17(5)14(11-16)12-7-9-13(10-8-12)15(2,3)4/h12-14H,6-11,16H2,1-5H3. The van der Waals surface area contributed by atoms with E-state index in [9.17, 15) is 0 Å². The summed E-state index contributed by atoms with van der Waals surface area (Å²) in [5.41, 5.74) is 6.44. The lowest BCUT2D eigenvalue weighted by Crippen LogP contribution is -2.45. The van der Waals surface area contributed by atoms with Crippen LogP contribution < -0.4 is 5.73 Å². The zero-order valence-electron chi connectivity index (χ0n) is 12.5. The summed E-state index contributed by atoms with van der Waals surface area (Å²) in [6, 6.07) is 0.598. The van der Waals surface area contributed by atoms with Crippen molar-refractivity contribution in [2.24, 2.45) is 23.0 Å². The molecule has 1 saturated carbocycles. The molecule has 2 heteroatoms. The Morgan fingerprint density at radius 1 is 1.18 bits per heavy atom. The molecule has 1 fully saturated rings. The Labute approximate surface area is 108 Å². The minimum absolute atomic E-state index is 0.486. The molecule has 1 aliphatic rings. The number of nitrogens with zero attached hydrogens (tertiary/aromatic N) is 1. The predicted octanol–water partition coefficient (Wildman–Crippen LogP) is 3.12. The lowest BCUT2D eigenvalue weighted by atomic mass is 9.68. The van der Waals surface area contributed by atoms with Crippen molar-refractivity contribution < 1.29 is 0 Å². The van der Waals surface area contributed by atoms with Crippen molar-refractivity contribution in [3.05, 3.63) is 0 Å². The highest BCUT2D eigenvalue weighted by Gasteiger charge is 2.33. The van der Waals surface area contributed by atoms with Gasteiger partial charge < -0.3 is 10.6 Å². The Kier molecular flexibility index (Phi) is 5.46. The van der Waals surface area contributed by atoms with Gasteiger partial charge in [0.25, 0.3) is 0 Å². The number of likely N-dealkylation sites (N-methyl/N-ethyl adjacent to an activating group) is 1. The number of hydrogen-bond donors (Lipinski definition) is 1. The van der Waals surface area contributed by atoms with E-state index in [1.807, 2.05) is 0 Å². The first-order chi connectivity index (χ1) is 7.90. The van der Waals surface area contributed by atoms with Crippen molar-refractivity contribution in [3.8, 4) is 0 Å². The molecule has 17 heavy (non-hydrogen) atoms. The molecular formula is C15H32N2. The van der Waals surface area contributed by atoms with Gasteiger partial charge in [0, 0.05) is 12.6 Å². The first kappa shape index (κ1) is 15.0. The Morgan fingerprint density at radius 3 is 2.06 bits per heavy atom. The minimum atomic E-state index is 0.486. The van der Waals surface area contributed by atoms with Crippen LogP contribution in [-0.4, -0.2) is 31.1 Å². The summed E-state index contributed by atoms with van der Waals surface area (Å²) < 4.78 is 0. The Morgan fingerprint density at radius 2 is 1.71 bits per heavy atom. The van der Waals surface area contributed by atoms with Crippen LogP contribution in [0.1, 0.15) is 53.4 Å². The number of nitrogens with two attached hydrogens (primary N) is 1. The van der Waals surface area contributed by atoms with E-state index in [0.717, 1.165) is 24.9 Å². The molecule has 1 aliphatic carbocycles. The zero-order valence-corrected chi connectivity index (χ0v) is 12.5. The molecule has 0 radical (unpaired) electrons. The zero-order chi connectivity index (χ0) is 13.1. The van der Waals surface area contributed by atoms with E-state index in [4.69, 9.17) is 5.73 Å². The van der Waals surface area contributed by atoms with Gasteiger partial charge in [-0.2, -0.15) is 0 Å². The molecule has 0 heterocycles. The van der Waals surface area contributed by atoms with E-state index in [1.54, 1.807) is 0 Å². The molecule has 0 aromatic carbocycles. The summed E-state index contributed by atoms with van der Waals surface area (Å²) in [7, 11) is 2.22. The molecular weight excluding hydrogens is 208 g/mol. The maximum atomic E-state index is 5.96. The van der Waals surface area contributed by atoms with Crippen molar-refractivity contribution in [2.75, 3.05) is 20.1 Å². The van der Waals surface area contributed by atoms with Crippen molar-refractivity contribution in [1.82, 2.24) is 4.90 Å². The van der Waals surface area contributed by atoms with Crippen molar-refractivity contribution in [3.63, 3.8) is 0 Å². The van der Waals surface area contributed by atoms with Gasteiger partial charge in [-0.1, -0.05) is 27.7 Å². The van der Waals surface area contributed by atoms with E-state index in [2.05, 4.69) is 39.6 Å². The Bertz CT molecular complexity index is 211. The minimum Gasteiger partial charge on any atom is -0.329 e. The van der Waals surface area contributed by atoms with Gasteiger partial charge in [-0.3, -0.25) is 0 Å². The third kappa shape index (κ3) is 3.96. The fourth-order valence-corrected chi connectivity index (χ4v) is 3.34. The van der Waals surface area contributed by atoms with Crippen LogP contribution in [0.15, 0.2) is 0 Å². The van der Waals surface area contributed by atoms with E-state index in [1.165, 1.54) is 25.7 Å². The van der Waals surface area contributed by atoms with Crippen LogP contribution in [0.25, 0.3) is 0 Å². The molecule has 0 aliphatic heterocycles. The summed E-state index contributed by atoms with van der Waals surface area (Å²) in [4.78, 5) is 2.43. The van der Waals surface area contributed by atoms with E-state index in [-0.39, 0.29) is 0 Å². The second kappa shape index (κ2) is 6.19. The highest BCUT2D eigenvalue weighted by molar-refractivity contribution is 4.86. The summed E-state index contributed by atoms with van der Waals surface area (Å²) in [6.07, 6.45) is 5.52. The third-order valence-electron chi connectivity index (χ3n) is 4.85. The lowest BCUT2D eigenvalue weighted by molar-refractivity contribution is 0.0973. The molecule has 0 spiro atoms. The summed E-state index contributed by atoms with van der Waals surface area (Å²) in [5, 5.41) is 0. The van der Waals surface area contributed by atoms with Gasteiger partial charge in [0.15, 0.2) is 0 Å². The molecule has 2 N–H and O–H groups in total. The molecule has 0 saturated heterocycles. The number of rotatable bonds is 4. The van der Waals surface area contributed by atoms with Crippen LogP contribution in [0.3, 0.4) is 0 Å². The smallest absolute Gasteiger partial charge is 0.0243 e. The van der Waals surface area contributed by atoms with Gasteiger partial charge in [-0.15, -0.1) is 0 Å². The van der Waals surface area contributed by atoms with Crippen LogP contribution in [-0.2, 0) is 0 Å². The van der Waals surface area contributed by atoms with Crippen molar-refractivity contribution in [1.29, 1.82) is 0 Å². The summed E-state index contributed by atoms with van der Waals surface area (Å²) in [5.74, 6) is 1.73. The molecule has 1 rings (SSSR count). The normalized spacial score (nSPS) is 28.4. The monoisotopic (exact) mass is 240 g/mol. The van der Waals surface area contributed by atoms with Gasteiger partial charge in [0.1, 0.15) is 0 Å². The second-order valence-electron chi connectivity index (χ2n) is 6.85. The fourth-order valence-electron chi connectivity index (χ4n) is 3.34. The summed E-state index contributed by atoms with van der Waals surface area (Å²) >= 11 is 0. The van der Waals surface area contributed by atoms with E-state index >= 15 is 0 Å². The van der Waals surface area contributed by atoms with Crippen LogP contribution in [0, 0.1) is 17.3 Å². The van der Waals surface area contributed by atoms with Gasteiger partial charge in [0.05, 0.1) is 0 Å². The average molecular weight is 240 g/mol. The fraction of sp³-hybridized carbons (Fsp3) is 1.00. The molecule has 0 bridgehead atoms. The first-order valence-corrected chi connectivity index (χ1v) is 7.30. The van der Waals surface area contributed by atoms with Gasteiger partial charge in [-0.25, -0.2) is 0 Å². The largest absolute Gasteiger partial charge is 0.329 e. The van der Waals surface area contributed by atoms with Crippen LogP contribution >= 0.6 is 0 Å². The molecule has 1 unspecified atom stereocenters. The van der Waals surface area contributed by atoms with Gasteiger partial charge in [0.2, 0.25) is 0 Å². The van der Waals surface area contributed by atoms with Crippen LogP contribution in [0.2, 0.25) is 0 Å². The molecule has 0 amide bonds. The van der Waals surface area contributed by atoms with Crippen LogP contribution in [0.5, 0.6) is 0 Å². The molecule has 2 nitrogen and oxygen atoms in total. The van der Waals surface area contributed by atoms with E-state index in [0.29, 0.717) is 11.5 Å². The van der Waals surface area contributed by atoms with E-state index < -0.39 is 0 Å². The van der Waals surface area contributed by atoms with Crippen molar-refractivity contribution in [2.45, 2.75) is 59.4 Å². The SMILES string of the molecule is CCN(C)C(CN)C1CCC(C(C)(C)C)CC1. The first-order valence-electron chi connectivity index (χ1n) is 7.30. The lowest BCUT2D eigenvalue weighted by Gasteiger charge is -2.41. The summed E-state index contributed by atoms with van der Waals surface area (Å²) in [6.45, 7) is 11.3. The third-order valence-corrected chi connectivity index (χ3v) is 4.85. The maximum Gasteiger partial charge on any atom is 0.0243 e. The molecule has 1 atom stereocenters. The number of hydrogen-bond acceptors (Lipinski definition) is 2. The second-order valence-corrected chi connectivity index (χ2v) is 6.85. The quantitative estimate of drug-likeness (QED) is 0.818. The van der Waals surface area contributed by atoms with Gasteiger partial charge in [-0.05, 0) is 56.5 Å². The average Bonchev–Trinajstić information content (AvgIpc) is 2.29. The maximum absolute atomic E-state index is 5.96. The van der Waals surface area contributed by atoms with Crippen LogP contribution in [0.4, 0.5) is 0 Å².